The van der Waals surface area contributed by atoms with Crippen LogP contribution in [0.25, 0.3) is 0 Å². The minimum Gasteiger partial charge on any atom is -0.379 e. The molecule has 0 saturated heterocycles. The molecule has 1 amide bonds. The van der Waals surface area contributed by atoms with E-state index in [1.54, 1.807) is 11.8 Å². The Morgan fingerprint density at radius 3 is 2.17 bits per heavy atom. The number of nitriles is 1. The molecule has 0 spiro atoms. The topological polar surface area (TPSA) is 73.1 Å². The number of hydrogen-bond donors (Lipinski definition) is 2. The standard InChI is InChI=1S/C27H41F3N2O2S/c1-4-6-8-10-11-13-15-24(35-18-14-12-9-7-5-2)26(3,34)25(33)32-22-17-16-21(20-31)23(19-22)27(28,29)30/h16-17,19,24,34H,4-15,18H2,1-3H3,(H,32,33)/t24?,26-/m1/s1. The highest BCUT2D eigenvalue weighted by Gasteiger charge is 2.40. The van der Waals surface area contributed by atoms with E-state index in [2.05, 4.69) is 19.2 Å². The summed E-state index contributed by atoms with van der Waals surface area (Å²) >= 11 is 1.57. The fourth-order valence-corrected chi connectivity index (χ4v) is 5.35. The number of aliphatic hydroxyl groups is 1. The summed E-state index contributed by atoms with van der Waals surface area (Å²) in [6.45, 7) is 5.77. The second-order valence-corrected chi connectivity index (χ2v) is 10.6. The molecule has 0 heterocycles. The smallest absolute Gasteiger partial charge is 0.379 e. The molecule has 2 N–H and O–H groups in total. The van der Waals surface area contributed by atoms with E-state index in [0.717, 1.165) is 69.3 Å². The van der Waals surface area contributed by atoms with Crippen LogP contribution < -0.4 is 5.32 Å². The number of thioether (sulfide) groups is 1. The summed E-state index contributed by atoms with van der Waals surface area (Å²) in [4.78, 5) is 13.0. The highest BCUT2D eigenvalue weighted by atomic mass is 32.2. The van der Waals surface area contributed by atoms with Gasteiger partial charge in [-0.2, -0.15) is 30.2 Å². The van der Waals surface area contributed by atoms with E-state index in [1.807, 2.05) is 0 Å². The van der Waals surface area contributed by atoms with Crippen LogP contribution in [0.2, 0.25) is 0 Å². The molecule has 0 aliphatic heterocycles. The highest BCUT2D eigenvalue weighted by Crippen LogP contribution is 2.35. The summed E-state index contributed by atoms with van der Waals surface area (Å²) in [6.07, 6.45) is 8.11. The van der Waals surface area contributed by atoms with Crippen LogP contribution in [0.3, 0.4) is 0 Å². The summed E-state index contributed by atoms with van der Waals surface area (Å²) < 4.78 is 39.9. The van der Waals surface area contributed by atoms with Gasteiger partial charge in [-0.1, -0.05) is 78.1 Å². The van der Waals surface area contributed by atoms with Crippen molar-refractivity contribution in [2.24, 2.45) is 0 Å². The van der Waals surface area contributed by atoms with Crippen LogP contribution in [0.4, 0.5) is 18.9 Å². The average Bonchev–Trinajstić information content (AvgIpc) is 2.81. The summed E-state index contributed by atoms with van der Waals surface area (Å²) in [6, 6.07) is 4.56. The number of hydrogen-bond acceptors (Lipinski definition) is 4. The first-order valence-corrected chi connectivity index (χ1v) is 13.9. The lowest BCUT2D eigenvalue weighted by atomic mass is 9.95. The zero-order chi connectivity index (χ0) is 26.3. The monoisotopic (exact) mass is 514 g/mol. The van der Waals surface area contributed by atoms with Crippen LogP contribution >= 0.6 is 11.8 Å². The van der Waals surface area contributed by atoms with Crippen molar-refractivity contribution in [2.75, 3.05) is 11.1 Å². The number of unbranched alkanes of at least 4 members (excludes halogenated alkanes) is 9. The molecule has 0 aliphatic rings. The average molecular weight is 515 g/mol. The van der Waals surface area contributed by atoms with Gasteiger partial charge >= 0.3 is 6.18 Å². The molecule has 0 fully saturated rings. The summed E-state index contributed by atoms with van der Waals surface area (Å²) in [5.41, 5.74) is -3.46. The van der Waals surface area contributed by atoms with Gasteiger partial charge in [-0.25, -0.2) is 0 Å². The maximum atomic E-state index is 13.3. The lowest BCUT2D eigenvalue weighted by Crippen LogP contribution is -2.48. The first-order chi connectivity index (χ1) is 16.6. The van der Waals surface area contributed by atoms with Gasteiger partial charge in [-0.3, -0.25) is 4.79 Å². The summed E-state index contributed by atoms with van der Waals surface area (Å²) in [5.74, 6) is 0.0905. The van der Waals surface area contributed by atoms with Crippen molar-refractivity contribution in [1.29, 1.82) is 5.26 Å². The number of amides is 1. The second kappa shape index (κ2) is 16.1. The number of rotatable bonds is 17. The van der Waals surface area contributed by atoms with E-state index in [0.29, 0.717) is 6.42 Å². The van der Waals surface area contributed by atoms with Crippen molar-refractivity contribution < 1.29 is 23.1 Å². The van der Waals surface area contributed by atoms with E-state index in [9.17, 15) is 23.1 Å². The molecular weight excluding hydrogens is 473 g/mol. The number of nitrogens with zero attached hydrogens (tertiary/aromatic N) is 1. The van der Waals surface area contributed by atoms with Crippen molar-refractivity contribution >= 4 is 23.4 Å². The zero-order valence-corrected chi connectivity index (χ0v) is 22.2. The first-order valence-electron chi connectivity index (χ1n) is 12.8. The Morgan fingerprint density at radius 1 is 1.03 bits per heavy atom. The Hall–Kier alpha value is -1.72. The van der Waals surface area contributed by atoms with E-state index in [-0.39, 0.29) is 10.9 Å². The van der Waals surface area contributed by atoms with Gasteiger partial charge in [-0.15, -0.1) is 0 Å². The van der Waals surface area contributed by atoms with Crippen LogP contribution in [0.1, 0.15) is 109 Å². The SMILES string of the molecule is CCCCCCCCC(SCCCCCCC)[C@@](C)(O)C(=O)Nc1ccc(C#N)c(C(F)(F)F)c1. The number of anilines is 1. The largest absolute Gasteiger partial charge is 0.417 e. The van der Waals surface area contributed by atoms with E-state index >= 15 is 0 Å². The summed E-state index contributed by atoms with van der Waals surface area (Å²) in [5, 5.41) is 22.3. The molecule has 1 unspecified atom stereocenters. The molecule has 0 aliphatic carbocycles. The Bertz CT molecular complexity index is 791. The number of halogens is 3. The molecular formula is C27H41F3N2O2S. The molecule has 35 heavy (non-hydrogen) atoms. The predicted molar refractivity (Wildman–Crippen MR) is 138 cm³/mol. The van der Waals surface area contributed by atoms with Crippen LogP contribution in [0.15, 0.2) is 18.2 Å². The minimum absolute atomic E-state index is 0.0931. The maximum Gasteiger partial charge on any atom is 0.417 e. The Balaban J connectivity index is 2.88. The molecule has 198 valence electrons. The van der Waals surface area contributed by atoms with Crippen molar-refractivity contribution in [3.63, 3.8) is 0 Å². The lowest BCUT2D eigenvalue weighted by molar-refractivity contribution is -0.138. The van der Waals surface area contributed by atoms with Crippen molar-refractivity contribution in [3.8, 4) is 6.07 Å². The maximum absolute atomic E-state index is 13.3. The third-order valence-corrected chi connectivity index (χ3v) is 7.80. The van der Waals surface area contributed by atoms with Crippen molar-refractivity contribution in [2.45, 2.75) is 115 Å². The number of carbonyl (C=O) groups excluding carboxylic acids is 1. The molecule has 0 saturated carbocycles. The Kier molecular flexibility index (Phi) is 14.4. The van der Waals surface area contributed by atoms with Gasteiger partial charge in [-0.05, 0) is 43.7 Å². The van der Waals surface area contributed by atoms with E-state index in [4.69, 9.17) is 5.26 Å². The Labute approximate surface area is 213 Å². The molecule has 1 rings (SSSR count). The van der Waals surface area contributed by atoms with Crippen molar-refractivity contribution in [3.05, 3.63) is 29.3 Å². The first kappa shape index (κ1) is 31.3. The minimum atomic E-state index is -4.72. The van der Waals surface area contributed by atoms with Gasteiger partial charge in [0, 0.05) is 10.9 Å². The van der Waals surface area contributed by atoms with Crippen LogP contribution in [0.5, 0.6) is 0 Å². The molecule has 1 aromatic carbocycles. The van der Waals surface area contributed by atoms with E-state index < -0.39 is 28.8 Å². The number of carbonyl (C=O) groups is 1. The number of alkyl halides is 3. The third kappa shape index (κ3) is 11.3. The fourth-order valence-electron chi connectivity index (χ4n) is 3.93. The highest BCUT2D eigenvalue weighted by molar-refractivity contribution is 8.00. The predicted octanol–water partition coefficient (Wildman–Crippen LogP) is 8.09. The molecule has 1 aromatic rings. The van der Waals surface area contributed by atoms with Crippen LogP contribution in [-0.2, 0) is 11.0 Å². The van der Waals surface area contributed by atoms with Crippen molar-refractivity contribution in [1.82, 2.24) is 0 Å². The zero-order valence-electron chi connectivity index (χ0n) is 21.3. The molecule has 4 nitrogen and oxygen atoms in total. The molecule has 0 radical (unpaired) electrons. The quantitative estimate of drug-likeness (QED) is 0.206. The molecule has 8 heteroatoms. The van der Waals surface area contributed by atoms with Gasteiger partial charge in [0.15, 0.2) is 5.60 Å². The second-order valence-electron chi connectivity index (χ2n) is 9.30. The molecule has 0 aromatic heterocycles. The van der Waals surface area contributed by atoms with E-state index in [1.165, 1.54) is 38.3 Å². The normalized spacial score (nSPS) is 14.2. The van der Waals surface area contributed by atoms with Crippen LogP contribution in [-0.4, -0.2) is 27.6 Å². The van der Waals surface area contributed by atoms with Gasteiger partial charge in [0.2, 0.25) is 0 Å². The third-order valence-electron chi connectivity index (χ3n) is 6.18. The van der Waals surface area contributed by atoms with Gasteiger partial charge in [0.25, 0.3) is 5.91 Å². The number of benzene rings is 1. The molecule has 0 bridgehead atoms. The number of nitrogens with one attached hydrogen (secondary N) is 1. The van der Waals surface area contributed by atoms with Gasteiger partial charge < -0.3 is 10.4 Å². The fraction of sp³-hybridized carbons (Fsp3) is 0.704. The van der Waals surface area contributed by atoms with Crippen LogP contribution in [0, 0.1) is 11.3 Å². The summed E-state index contributed by atoms with van der Waals surface area (Å²) in [7, 11) is 0. The van der Waals surface area contributed by atoms with Gasteiger partial charge in [0.1, 0.15) is 0 Å². The molecule has 2 atom stereocenters. The lowest BCUT2D eigenvalue weighted by Gasteiger charge is -2.31. The van der Waals surface area contributed by atoms with Gasteiger partial charge in [0.05, 0.1) is 17.2 Å². The Morgan fingerprint density at radius 2 is 1.60 bits per heavy atom.